The van der Waals surface area contributed by atoms with Crippen LogP contribution in [0.5, 0.6) is 0 Å². The fourth-order valence-corrected chi connectivity index (χ4v) is 7.35. The molecule has 0 spiro atoms. The predicted molar refractivity (Wildman–Crippen MR) is 160 cm³/mol. The summed E-state index contributed by atoms with van der Waals surface area (Å²) >= 11 is 1.46. The molecular weight excluding hydrogens is 532 g/mol. The highest BCUT2D eigenvalue weighted by atomic mass is 32.1. The van der Waals surface area contributed by atoms with Gasteiger partial charge >= 0.3 is 5.97 Å². The van der Waals surface area contributed by atoms with Crippen molar-refractivity contribution in [3.8, 4) is 6.07 Å². The third-order valence-electron chi connectivity index (χ3n) is 8.25. The van der Waals surface area contributed by atoms with Crippen molar-refractivity contribution in [2.45, 2.75) is 58.0 Å². The van der Waals surface area contributed by atoms with Crippen molar-refractivity contribution in [3.63, 3.8) is 0 Å². The Balaban J connectivity index is 1.19. The lowest BCUT2D eigenvalue weighted by atomic mass is 9.83. The van der Waals surface area contributed by atoms with E-state index in [4.69, 9.17) is 9.72 Å². The van der Waals surface area contributed by atoms with Gasteiger partial charge in [0.05, 0.1) is 16.6 Å². The zero-order valence-electron chi connectivity index (χ0n) is 23.3. The van der Waals surface area contributed by atoms with Gasteiger partial charge in [0.2, 0.25) is 0 Å². The highest BCUT2D eigenvalue weighted by molar-refractivity contribution is 7.16. The number of esters is 1. The molecule has 208 valence electrons. The minimum absolute atomic E-state index is 0.332. The van der Waals surface area contributed by atoms with Crippen molar-refractivity contribution in [3.05, 3.63) is 93.0 Å². The maximum Gasteiger partial charge on any atom is 0.339 e. The lowest BCUT2D eigenvalue weighted by Crippen LogP contribution is -2.37. The smallest absolute Gasteiger partial charge is 0.339 e. The Kier molecular flexibility index (Phi) is 7.57. The number of nitrogens with zero attached hydrogens (tertiary/aromatic N) is 3. The number of carbonyl (C=O) groups excluding carboxylic acids is 2. The Morgan fingerprint density at radius 1 is 1.12 bits per heavy atom. The number of ether oxygens (including phenoxy) is 1. The molecule has 2 aliphatic rings. The van der Waals surface area contributed by atoms with E-state index in [1.165, 1.54) is 16.9 Å². The summed E-state index contributed by atoms with van der Waals surface area (Å²) in [5.74, 6) is -0.590. The zero-order valence-corrected chi connectivity index (χ0v) is 24.1. The van der Waals surface area contributed by atoms with Gasteiger partial charge in [-0.1, -0.05) is 48.5 Å². The quantitative estimate of drug-likeness (QED) is 0.289. The zero-order chi connectivity index (χ0) is 28.5. The Morgan fingerprint density at radius 2 is 1.90 bits per heavy atom. The van der Waals surface area contributed by atoms with Gasteiger partial charge in [-0.3, -0.25) is 14.7 Å². The summed E-state index contributed by atoms with van der Waals surface area (Å²) in [5, 5.41) is 14.0. The first kappa shape index (κ1) is 27.1. The molecule has 41 heavy (non-hydrogen) atoms. The fraction of sp³-hybridized carbons (Fsp3) is 0.333. The standard InChI is InChI=1S/C33H32N4O3S/c1-20(2)37-15-14-28-26(18-37)31(24-10-6-7-11-27(24)35-28)33(39)40-19-30(38)36-32-25(17-34)23-13-12-22(16-29(23)41-32)21-8-4-3-5-9-21/h3-11,20,22H,12-16,18-19H2,1-2H3,(H,36,38). The molecule has 2 aromatic carbocycles. The van der Waals surface area contributed by atoms with E-state index in [1.807, 2.05) is 30.3 Å². The van der Waals surface area contributed by atoms with Crippen LogP contribution in [0.1, 0.15) is 69.4 Å². The Hall–Kier alpha value is -4.06. The highest BCUT2D eigenvalue weighted by Gasteiger charge is 2.29. The van der Waals surface area contributed by atoms with E-state index >= 15 is 0 Å². The van der Waals surface area contributed by atoms with Crippen LogP contribution in [0.2, 0.25) is 0 Å². The Labute approximate surface area is 243 Å². The number of thiophene rings is 1. The first-order chi connectivity index (χ1) is 19.9. The number of aromatic nitrogens is 1. The van der Waals surface area contributed by atoms with Crippen LogP contribution in [0.15, 0.2) is 54.6 Å². The van der Waals surface area contributed by atoms with Crippen LogP contribution < -0.4 is 5.32 Å². The van der Waals surface area contributed by atoms with Crippen molar-refractivity contribution in [2.75, 3.05) is 18.5 Å². The SMILES string of the molecule is CC(C)N1CCc2nc3ccccc3c(C(=O)OCC(=O)Nc3sc4c(c3C#N)CCC(c3ccccc3)C4)c2C1. The molecule has 3 heterocycles. The van der Waals surface area contributed by atoms with Gasteiger partial charge in [-0.2, -0.15) is 5.26 Å². The summed E-state index contributed by atoms with van der Waals surface area (Å²) in [6.07, 6.45) is 3.36. The molecule has 0 fully saturated rings. The summed E-state index contributed by atoms with van der Waals surface area (Å²) < 4.78 is 5.61. The van der Waals surface area contributed by atoms with Crippen molar-refractivity contribution in [1.82, 2.24) is 9.88 Å². The monoisotopic (exact) mass is 564 g/mol. The molecule has 0 bridgehead atoms. The number of amides is 1. The van der Waals surface area contributed by atoms with Crippen LogP contribution >= 0.6 is 11.3 Å². The first-order valence-corrected chi connectivity index (χ1v) is 15.0. The number of pyridine rings is 1. The highest BCUT2D eigenvalue weighted by Crippen LogP contribution is 2.42. The molecule has 0 radical (unpaired) electrons. The number of rotatable bonds is 6. The number of benzene rings is 2. The minimum Gasteiger partial charge on any atom is -0.452 e. The van der Waals surface area contributed by atoms with Crippen LogP contribution in [0.4, 0.5) is 5.00 Å². The summed E-state index contributed by atoms with van der Waals surface area (Å²) in [6.45, 7) is 5.34. The maximum absolute atomic E-state index is 13.5. The summed E-state index contributed by atoms with van der Waals surface area (Å²) in [4.78, 5) is 34.8. The Morgan fingerprint density at radius 3 is 2.68 bits per heavy atom. The maximum atomic E-state index is 13.5. The summed E-state index contributed by atoms with van der Waals surface area (Å²) in [7, 11) is 0. The average molecular weight is 565 g/mol. The summed E-state index contributed by atoms with van der Waals surface area (Å²) in [5.41, 5.74) is 5.87. The second-order valence-electron chi connectivity index (χ2n) is 11.0. The van der Waals surface area contributed by atoms with Crippen molar-refractivity contribution in [2.24, 2.45) is 0 Å². The number of para-hydroxylation sites is 1. The second kappa shape index (κ2) is 11.4. The first-order valence-electron chi connectivity index (χ1n) is 14.1. The van der Waals surface area contributed by atoms with Gasteiger partial charge in [0, 0.05) is 47.1 Å². The molecule has 1 aliphatic heterocycles. The van der Waals surface area contributed by atoms with Crippen molar-refractivity contribution < 1.29 is 14.3 Å². The van der Waals surface area contributed by atoms with E-state index in [0.717, 1.165) is 64.8 Å². The molecule has 8 heteroatoms. The number of anilines is 1. The third kappa shape index (κ3) is 5.35. The molecule has 1 N–H and O–H groups in total. The molecular formula is C33H32N4O3S. The molecule has 7 nitrogen and oxygen atoms in total. The predicted octanol–water partition coefficient (Wildman–Crippen LogP) is 6.00. The fourth-order valence-electron chi connectivity index (χ4n) is 6.05. The molecule has 4 aromatic rings. The minimum atomic E-state index is -0.530. The number of nitriles is 1. The largest absolute Gasteiger partial charge is 0.452 e. The van der Waals surface area contributed by atoms with Crippen LogP contribution in [-0.4, -0.2) is 41.0 Å². The number of hydrogen-bond acceptors (Lipinski definition) is 7. The van der Waals surface area contributed by atoms with E-state index in [9.17, 15) is 14.9 Å². The van der Waals surface area contributed by atoms with Crippen LogP contribution in [0, 0.1) is 11.3 Å². The number of nitrogens with one attached hydrogen (secondary N) is 1. The molecule has 1 aliphatic carbocycles. The van der Waals surface area contributed by atoms with Gasteiger partial charge in [0.25, 0.3) is 5.91 Å². The van der Waals surface area contributed by atoms with Gasteiger partial charge in [-0.05, 0) is 56.2 Å². The van der Waals surface area contributed by atoms with Crippen molar-refractivity contribution in [1.29, 1.82) is 5.26 Å². The normalized spacial score (nSPS) is 16.6. The van der Waals surface area contributed by atoms with E-state index in [1.54, 1.807) is 0 Å². The van der Waals surface area contributed by atoms with Gasteiger partial charge < -0.3 is 10.1 Å². The van der Waals surface area contributed by atoms with Gasteiger partial charge in [-0.15, -0.1) is 11.3 Å². The second-order valence-corrected chi connectivity index (χ2v) is 12.1. The van der Waals surface area contributed by atoms with Crippen LogP contribution in [-0.2, 0) is 35.3 Å². The van der Waals surface area contributed by atoms with E-state index in [-0.39, 0.29) is 0 Å². The number of carbonyl (C=O) groups is 2. The molecule has 6 rings (SSSR count). The van der Waals surface area contributed by atoms with Crippen molar-refractivity contribution >= 4 is 39.1 Å². The molecule has 1 atom stereocenters. The number of hydrogen-bond donors (Lipinski definition) is 1. The van der Waals surface area contributed by atoms with Gasteiger partial charge in [0.15, 0.2) is 6.61 Å². The average Bonchev–Trinajstić information content (AvgIpc) is 3.34. The van der Waals surface area contributed by atoms with E-state index in [0.29, 0.717) is 34.6 Å². The molecule has 2 aromatic heterocycles. The molecule has 1 amide bonds. The lowest BCUT2D eigenvalue weighted by molar-refractivity contribution is -0.119. The lowest BCUT2D eigenvalue weighted by Gasteiger charge is -2.32. The Bertz CT molecular complexity index is 1670. The van der Waals surface area contributed by atoms with Gasteiger partial charge in [0.1, 0.15) is 11.1 Å². The number of fused-ring (bicyclic) bond motifs is 3. The van der Waals surface area contributed by atoms with E-state index in [2.05, 4.69) is 54.4 Å². The topological polar surface area (TPSA) is 95.3 Å². The molecule has 0 saturated carbocycles. The summed E-state index contributed by atoms with van der Waals surface area (Å²) in [6, 6.07) is 20.6. The van der Waals surface area contributed by atoms with E-state index < -0.39 is 18.5 Å². The molecule has 0 saturated heterocycles. The van der Waals surface area contributed by atoms with Crippen LogP contribution in [0.3, 0.4) is 0 Å². The van der Waals surface area contributed by atoms with Crippen LogP contribution in [0.25, 0.3) is 10.9 Å². The molecule has 1 unspecified atom stereocenters. The van der Waals surface area contributed by atoms with Gasteiger partial charge in [-0.25, -0.2) is 4.79 Å². The third-order valence-corrected chi connectivity index (χ3v) is 9.42.